The smallest absolute Gasteiger partial charge is 0.262 e. The van der Waals surface area contributed by atoms with Crippen molar-refractivity contribution in [1.29, 1.82) is 0 Å². The molecule has 55 heavy (non-hydrogen) atoms. The summed E-state index contributed by atoms with van der Waals surface area (Å²) < 4.78 is 6.43. The van der Waals surface area contributed by atoms with Crippen molar-refractivity contribution in [2.45, 2.75) is 75.6 Å². The third-order valence-electron chi connectivity index (χ3n) is 12.1. The lowest BCUT2D eigenvalue weighted by molar-refractivity contribution is -0.136. The van der Waals surface area contributed by atoms with Gasteiger partial charge in [-0.05, 0) is 95.0 Å². The van der Waals surface area contributed by atoms with Crippen molar-refractivity contribution in [2.24, 2.45) is 0 Å². The Bertz CT molecular complexity index is 2170. The van der Waals surface area contributed by atoms with Gasteiger partial charge in [0.05, 0.1) is 17.7 Å². The molecule has 1 aliphatic carbocycles. The van der Waals surface area contributed by atoms with Gasteiger partial charge in [0.25, 0.3) is 11.8 Å². The lowest BCUT2D eigenvalue weighted by atomic mass is 9.69. The second-order valence-electron chi connectivity index (χ2n) is 15.4. The van der Waals surface area contributed by atoms with Gasteiger partial charge in [-0.1, -0.05) is 48.5 Å². The number of phenolic OH excluding ortho intramolecular Hbond substituents is 1. The minimum absolute atomic E-state index is 0.00131. The monoisotopic (exact) mass is 738 g/mol. The van der Waals surface area contributed by atoms with Crippen LogP contribution in [-0.2, 0) is 33.9 Å². The third-order valence-corrected chi connectivity index (χ3v) is 12.1. The molecule has 0 aromatic heterocycles. The SMILES string of the molecule is O=C1CCC(N2C(=O)c3cc4c(cc3C2=O)CN(CC(=O)N2CCC(Oc3ccc([C@@H]5c6ccc(O)cc6CC[C@@H]5c5ccccc5)cc3)CC2)C4)C(=O)N1. The number of hydrogen-bond donors (Lipinski definition) is 2. The first-order valence-electron chi connectivity index (χ1n) is 19.2. The molecule has 3 atom stereocenters. The molecule has 4 aromatic carbocycles. The van der Waals surface area contributed by atoms with E-state index in [0.29, 0.717) is 37.8 Å². The van der Waals surface area contributed by atoms with Gasteiger partial charge >= 0.3 is 0 Å². The molecule has 5 aliphatic rings. The number of phenols is 1. The molecule has 2 fully saturated rings. The van der Waals surface area contributed by atoms with E-state index >= 15 is 0 Å². The maximum absolute atomic E-state index is 13.4. The van der Waals surface area contributed by atoms with Crippen molar-refractivity contribution in [3.63, 3.8) is 0 Å². The second-order valence-corrected chi connectivity index (χ2v) is 15.4. The van der Waals surface area contributed by atoms with Crippen molar-refractivity contribution in [3.05, 3.63) is 129 Å². The number of piperidine rings is 2. The molecule has 2 N–H and O–H groups in total. The van der Waals surface area contributed by atoms with Crippen LogP contribution in [-0.4, -0.2) is 81.1 Å². The summed E-state index contributed by atoms with van der Waals surface area (Å²) in [5, 5.41) is 12.4. The number of ether oxygens (including phenoxy) is 1. The molecular formula is C44H42N4O7. The van der Waals surface area contributed by atoms with Gasteiger partial charge in [-0.25, -0.2) is 0 Å². The van der Waals surface area contributed by atoms with Crippen molar-refractivity contribution in [1.82, 2.24) is 20.0 Å². The summed E-state index contributed by atoms with van der Waals surface area (Å²) >= 11 is 0. The molecule has 0 saturated carbocycles. The largest absolute Gasteiger partial charge is 0.508 e. The van der Waals surface area contributed by atoms with Crippen LogP contribution in [0.25, 0.3) is 0 Å². The molecule has 11 heteroatoms. The summed E-state index contributed by atoms with van der Waals surface area (Å²) in [5.74, 6) is -0.448. The standard InChI is InChI=1S/C44H42N4O7/c49-31-9-13-35-28(20-31)8-12-34(26-4-2-1-3-5-26)41(35)27-6-10-32(11-7-27)55-33-16-18-47(19-17-33)40(51)25-46-23-29-21-36-37(22-30(29)24-46)44(54)48(43(36)53)38-14-15-39(50)45-42(38)52/h1-7,9-11,13,20-22,33-34,38,41,49H,8,12,14-19,23-25H2,(H,45,50,52)/t34-,38?,41+/m1/s1. The highest BCUT2D eigenvalue weighted by Crippen LogP contribution is 2.47. The van der Waals surface area contributed by atoms with Crippen LogP contribution in [0.3, 0.4) is 0 Å². The summed E-state index contributed by atoms with van der Waals surface area (Å²) in [6, 6.07) is 27.3. The Morgan fingerprint density at radius 3 is 2.11 bits per heavy atom. The van der Waals surface area contributed by atoms with Gasteiger partial charge in [-0.2, -0.15) is 0 Å². The Balaban J connectivity index is 0.794. The van der Waals surface area contributed by atoms with E-state index in [2.05, 4.69) is 66.0 Å². The van der Waals surface area contributed by atoms with Crippen LogP contribution in [0.5, 0.6) is 11.5 Å². The van der Waals surface area contributed by atoms with Crippen LogP contribution in [0.2, 0.25) is 0 Å². The fourth-order valence-corrected chi connectivity index (χ4v) is 9.29. The minimum Gasteiger partial charge on any atom is -0.508 e. The molecule has 9 rings (SSSR count). The van der Waals surface area contributed by atoms with Crippen molar-refractivity contribution >= 4 is 29.5 Å². The van der Waals surface area contributed by atoms with E-state index in [1.807, 2.05) is 15.9 Å². The quantitative estimate of drug-likeness (QED) is 0.252. The third kappa shape index (κ3) is 6.56. The van der Waals surface area contributed by atoms with E-state index in [1.54, 1.807) is 18.2 Å². The average Bonchev–Trinajstić information content (AvgIpc) is 3.69. The van der Waals surface area contributed by atoms with Gasteiger partial charge < -0.3 is 14.7 Å². The number of imide groups is 2. The highest BCUT2D eigenvalue weighted by Gasteiger charge is 2.45. The molecule has 0 spiro atoms. The van der Waals surface area contributed by atoms with Crippen LogP contribution in [0, 0.1) is 0 Å². The van der Waals surface area contributed by atoms with Crippen molar-refractivity contribution < 1.29 is 33.8 Å². The predicted molar refractivity (Wildman–Crippen MR) is 201 cm³/mol. The molecule has 0 radical (unpaired) electrons. The van der Waals surface area contributed by atoms with Gasteiger partial charge in [-0.3, -0.25) is 39.1 Å². The van der Waals surface area contributed by atoms with E-state index < -0.39 is 29.7 Å². The highest BCUT2D eigenvalue weighted by molar-refractivity contribution is 6.23. The van der Waals surface area contributed by atoms with Gasteiger partial charge in [-0.15, -0.1) is 0 Å². The van der Waals surface area contributed by atoms with E-state index in [9.17, 15) is 29.1 Å². The number of likely N-dealkylation sites (tertiary alicyclic amines) is 1. The Kier molecular flexibility index (Phi) is 8.96. The molecule has 2 saturated heterocycles. The normalized spacial score (nSPS) is 22.7. The molecule has 11 nitrogen and oxygen atoms in total. The number of hydrogen-bond acceptors (Lipinski definition) is 8. The topological polar surface area (TPSA) is 137 Å². The van der Waals surface area contributed by atoms with Crippen LogP contribution in [0.15, 0.2) is 84.9 Å². The van der Waals surface area contributed by atoms with E-state index in [-0.39, 0.29) is 48.4 Å². The number of aryl methyl sites for hydroxylation is 1. The summed E-state index contributed by atoms with van der Waals surface area (Å²) in [4.78, 5) is 68.9. The van der Waals surface area contributed by atoms with E-state index in [4.69, 9.17) is 4.74 Å². The molecule has 4 aromatic rings. The molecule has 1 unspecified atom stereocenters. The number of rotatable bonds is 7. The first kappa shape index (κ1) is 34.9. The van der Waals surface area contributed by atoms with Gasteiger partial charge in [0.1, 0.15) is 23.6 Å². The lowest BCUT2D eigenvalue weighted by Gasteiger charge is -2.35. The van der Waals surface area contributed by atoms with E-state index in [1.165, 1.54) is 22.3 Å². The van der Waals surface area contributed by atoms with Crippen LogP contribution in [0.4, 0.5) is 0 Å². The first-order chi connectivity index (χ1) is 26.7. The van der Waals surface area contributed by atoms with Crippen molar-refractivity contribution in [3.8, 4) is 11.5 Å². The van der Waals surface area contributed by atoms with Crippen LogP contribution < -0.4 is 10.1 Å². The maximum atomic E-state index is 13.4. The van der Waals surface area contributed by atoms with Crippen LogP contribution in [0.1, 0.15) is 98.0 Å². The number of nitrogens with zero attached hydrogens (tertiary/aromatic N) is 3. The molecule has 5 amide bonds. The van der Waals surface area contributed by atoms with Gasteiger partial charge in [0.2, 0.25) is 17.7 Å². The van der Waals surface area contributed by atoms with Gasteiger partial charge in [0.15, 0.2) is 0 Å². The van der Waals surface area contributed by atoms with E-state index in [0.717, 1.165) is 47.5 Å². The predicted octanol–water partition coefficient (Wildman–Crippen LogP) is 5.04. The molecular weight excluding hydrogens is 697 g/mol. The number of benzene rings is 4. The fraction of sp³-hybridized carbons (Fsp3) is 0.341. The Morgan fingerprint density at radius 2 is 1.44 bits per heavy atom. The zero-order valence-electron chi connectivity index (χ0n) is 30.4. The number of amides is 5. The number of carbonyl (C=O) groups excluding carboxylic acids is 5. The fourth-order valence-electron chi connectivity index (χ4n) is 9.29. The first-order valence-corrected chi connectivity index (χ1v) is 19.2. The molecule has 4 heterocycles. The highest BCUT2D eigenvalue weighted by atomic mass is 16.5. The number of nitrogens with one attached hydrogen (secondary N) is 1. The lowest BCUT2D eigenvalue weighted by Crippen LogP contribution is -2.54. The summed E-state index contributed by atoms with van der Waals surface area (Å²) in [6.45, 7) is 2.38. The number of fused-ring (bicyclic) bond motifs is 3. The summed E-state index contributed by atoms with van der Waals surface area (Å²) in [6.07, 6.45) is 3.56. The Morgan fingerprint density at radius 1 is 0.745 bits per heavy atom. The Labute approximate surface area is 318 Å². The number of aromatic hydroxyl groups is 1. The molecule has 4 aliphatic heterocycles. The summed E-state index contributed by atoms with van der Waals surface area (Å²) in [5.41, 5.74) is 7.29. The van der Waals surface area contributed by atoms with Gasteiger partial charge in [0, 0.05) is 51.4 Å². The zero-order chi connectivity index (χ0) is 37.8. The van der Waals surface area contributed by atoms with Crippen molar-refractivity contribution in [2.75, 3.05) is 19.6 Å². The summed E-state index contributed by atoms with van der Waals surface area (Å²) in [7, 11) is 0. The minimum atomic E-state index is -1.000. The van der Waals surface area contributed by atoms with Crippen LogP contribution >= 0.6 is 0 Å². The average molecular weight is 739 g/mol. The zero-order valence-corrected chi connectivity index (χ0v) is 30.4. The Hall–Kier alpha value is -5.81. The number of carbonyl (C=O) groups is 5. The molecule has 280 valence electrons. The molecule has 0 bridgehead atoms. The maximum Gasteiger partial charge on any atom is 0.262 e. The second kappa shape index (κ2) is 14.1.